The van der Waals surface area contributed by atoms with Crippen molar-refractivity contribution in [3.8, 4) is 0 Å². The molecule has 0 radical (unpaired) electrons. The molecule has 1 aliphatic carbocycles. The van der Waals surface area contributed by atoms with Crippen LogP contribution in [0.25, 0.3) is 0 Å². The summed E-state index contributed by atoms with van der Waals surface area (Å²) >= 11 is 0. The molecule has 0 aromatic heterocycles. The average molecular weight is 467 g/mol. The van der Waals surface area contributed by atoms with Gasteiger partial charge in [-0.15, -0.1) is 0 Å². The number of nitrogens with one attached hydrogen (secondary N) is 2. The van der Waals surface area contributed by atoms with Gasteiger partial charge in [-0.1, -0.05) is 33.1 Å². The van der Waals surface area contributed by atoms with E-state index in [-0.39, 0.29) is 23.8 Å². The first-order valence-corrected chi connectivity index (χ1v) is 12.9. The molecule has 3 rings (SSSR count). The van der Waals surface area contributed by atoms with Gasteiger partial charge in [0.15, 0.2) is 0 Å². The van der Waals surface area contributed by atoms with Gasteiger partial charge in [0, 0.05) is 25.7 Å². The molecule has 190 valence electrons. The van der Waals surface area contributed by atoms with Gasteiger partial charge in [-0.3, -0.25) is 14.5 Å². The third-order valence-electron chi connectivity index (χ3n) is 7.00. The second-order valence-corrected chi connectivity index (χ2v) is 10.4. The van der Waals surface area contributed by atoms with Crippen LogP contribution >= 0.6 is 0 Å². The quantitative estimate of drug-likeness (QED) is 0.649. The first-order valence-electron chi connectivity index (χ1n) is 12.9. The summed E-state index contributed by atoms with van der Waals surface area (Å²) in [6.45, 7) is 12.7. The number of carbonyl (C=O) groups excluding carboxylic acids is 3. The second-order valence-electron chi connectivity index (χ2n) is 10.4. The molecule has 0 bridgehead atoms. The Balaban J connectivity index is 0.00000187. The zero-order chi connectivity index (χ0) is 24.8. The summed E-state index contributed by atoms with van der Waals surface area (Å²) in [5.41, 5.74) is -0.635. The van der Waals surface area contributed by atoms with Crippen LogP contribution in [0.5, 0.6) is 0 Å². The van der Waals surface area contributed by atoms with Crippen LogP contribution in [0.1, 0.15) is 86.5 Å². The summed E-state index contributed by atoms with van der Waals surface area (Å²) in [7, 11) is 1.56. The predicted octanol–water partition coefficient (Wildman–Crippen LogP) is 3.30. The van der Waals surface area contributed by atoms with E-state index in [2.05, 4.69) is 10.6 Å². The van der Waals surface area contributed by atoms with Crippen molar-refractivity contribution in [1.82, 2.24) is 20.4 Å². The van der Waals surface area contributed by atoms with Crippen molar-refractivity contribution in [2.75, 3.05) is 20.1 Å². The van der Waals surface area contributed by atoms with Crippen LogP contribution in [-0.2, 0) is 14.3 Å². The van der Waals surface area contributed by atoms with Gasteiger partial charge in [0.25, 0.3) is 0 Å². The van der Waals surface area contributed by atoms with Crippen LogP contribution in [0, 0.1) is 5.92 Å². The van der Waals surface area contributed by atoms with Gasteiger partial charge in [-0.05, 0) is 65.8 Å². The summed E-state index contributed by atoms with van der Waals surface area (Å²) in [5.74, 6) is -0.112. The van der Waals surface area contributed by atoms with E-state index in [1.165, 1.54) is 11.3 Å². The van der Waals surface area contributed by atoms with Crippen molar-refractivity contribution in [2.45, 2.75) is 116 Å². The van der Waals surface area contributed by atoms with Gasteiger partial charge in [-0.25, -0.2) is 4.79 Å². The maximum atomic E-state index is 13.6. The molecule has 2 N–H and O–H groups in total. The molecule has 3 amide bonds. The zero-order valence-corrected chi connectivity index (χ0v) is 21.8. The Hall–Kier alpha value is -1.83. The SMILES string of the molecule is CC.C[C@@H](C(=O)NC(C(=O)N1CCC2NCCC21)C1CCCCC1)N(C)C(=O)OC(C)(C)C. The number of likely N-dealkylation sites (N-methyl/N-ethyl adjacent to an activating group) is 1. The van der Waals surface area contributed by atoms with E-state index in [1.54, 1.807) is 34.7 Å². The maximum absolute atomic E-state index is 13.6. The lowest BCUT2D eigenvalue weighted by Gasteiger charge is -2.36. The summed E-state index contributed by atoms with van der Waals surface area (Å²) in [6.07, 6.45) is 6.66. The molecule has 0 spiro atoms. The van der Waals surface area contributed by atoms with E-state index in [1.807, 2.05) is 18.7 Å². The molecule has 3 aliphatic rings. The van der Waals surface area contributed by atoms with Crippen molar-refractivity contribution in [1.29, 1.82) is 0 Å². The lowest BCUT2D eigenvalue weighted by atomic mass is 9.83. The zero-order valence-electron chi connectivity index (χ0n) is 21.8. The topological polar surface area (TPSA) is 91.0 Å². The smallest absolute Gasteiger partial charge is 0.410 e. The standard InChI is InChI=1S/C23H40N4O4.C2H6/c1-15(26(5)22(30)31-23(2,3)4)20(28)25-19(16-9-7-6-8-10-16)21(29)27-14-12-17-18(27)11-13-24-17;1-2/h15-19,24H,6-14H2,1-5H3,(H,25,28);1-2H3/t15-,17?,18?,19?;/m0./s1. The highest BCUT2D eigenvalue weighted by Gasteiger charge is 2.44. The number of hydrogen-bond acceptors (Lipinski definition) is 5. The number of likely N-dealkylation sites (tertiary alicyclic amines) is 1. The number of carbonyl (C=O) groups is 3. The summed E-state index contributed by atoms with van der Waals surface area (Å²) < 4.78 is 5.39. The summed E-state index contributed by atoms with van der Waals surface area (Å²) in [4.78, 5) is 42.4. The molecule has 3 fully saturated rings. The van der Waals surface area contributed by atoms with Crippen molar-refractivity contribution in [3.63, 3.8) is 0 Å². The van der Waals surface area contributed by atoms with Gasteiger partial charge in [0.05, 0.1) is 0 Å². The van der Waals surface area contributed by atoms with Gasteiger partial charge >= 0.3 is 6.09 Å². The van der Waals surface area contributed by atoms with Crippen LogP contribution in [0.15, 0.2) is 0 Å². The minimum atomic E-state index is -0.729. The Bertz CT molecular complexity index is 672. The molecular weight excluding hydrogens is 420 g/mol. The molecule has 1 saturated carbocycles. The molecule has 4 atom stereocenters. The lowest BCUT2D eigenvalue weighted by molar-refractivity contribution is -0.140. The summed E-state index contributed by atoms with van der Waals surface area (Å²) in [5, 5.41) is 6.53. The fourth-order valence-electron chi connectivity index (χ4n) is 5.11. The Morgan fingerprint density at radius 2 is 1.70 bits per heavy atom. The Morgan fingerprint density at radius 1 is 1.06 bits per heavy atom. The first kappa shape index (κ1) is 27.4. The second kappa shape index (κ2) is 12.0. The van der Waals surface area contributed by atoms with E-state index < -0.39 is 23.8 Å². The molecule has 2 heterocycles. The largest absolute Gasteiger partial charge is 0.444 e. The first-order chi connectivity index (χ1) is 15.6. The molecule has 2 saturated heterocycles. The molecule has 2 aliphatic heterocycles. The molecule has 33 heavy (non-hydrogen) atoms. The van der Waals surface area contributed by atoms with E-state index >= 15 is 0 Å². The number of hydrogen-bond donors (Lipinski definition) is 2. The normalized spacial score (nSPS) is 24.8. The average Bonchev–Trinajstić information content (AvgIpc) is 3.40. The number of fused-ring (bicyclic) bond motifs is 1. The Kier molecular flexibility index (Phi) is 10.0. The minimum Gasteiger partial charge on any atom is -0.444 e. The van der Waals surface area contributed by atoms with Crippen molar-refractivity contribution in [2.24, 2.45) is 5.92 Å². The highest BCUT2D eigenvalue weighted by Crippen LogP contribution is 2.31. The third-order valence-corrected chi connectivity index (χ3v) is 7.00. The summed E-state index contributed by atoms with van der Waals surface area (Å²) in [6, 6.07) is -0.643. The highest BCUT2D eigenvalue weighted by atomic mass is 16.6. The fourth-order valence-corrected chi connectivity index (χ4v) is 5.11. The highest BCUT2D eigenvalue weighted by molar-refractivity contribution is 5.91. The molecular formula is C25H46N4O4. The van der Waals surface area contributed by atoms with E-state index in [0.717, 1.165) is 51.6 Å². The van der Waals surface area contributed by atoms with Gasteiger partial charge in [-0.2, -0.15) is 0 Å². The van der Waals surface area contributed by atoms with Gasteiger partial charge < -0.3 is 20.3 Å². The minimum absolute atomic E-state index is 0.0450. The van der Waals surface area contributed by atoms with Gasteiger partial charge in [0.1, 0.15) is 17.7 Å². The number of amides is 3. The van der Waals surface area contributed by atoms with E-state index in [4.69, 9.17) is 4.74 Å². The number of ether oxygens (including phenoxy) is 1. The van der Waals surface area contributed by atoms with E-state index in [0.29, 0.717) is 6.04 Å². The Labute approximate surface area is 200 Å². The molecule has 8 heteroatoms. The fraction of sp³-hybridized carbons (Fsp3) is 0.880. The van der Waals surface area contributed by atoms with Crippen LogP contribution < -0.4 is 10.6 Å². The molecule has 3 unspecified atom stereocenters. The van der Waals surface area contributed by atoms with Crippen LogP contribution in [0.3, 0.4) is 0 Å². The van der Waals surface area contributed by atoms with Crippen LogP contribution in [0.2, 0.25) is 0 Å². The molecule has 0 aromatic rings. The van der Waals surface area contributed by atoms with Gasteiger partial charge in [0.2, 0.25) is 11.8 Å². The monoisotopic (exact) mass is 466 g/mol. The number of nitrogens with zero attached hydrogens (tertiary/aromatic N) is 2. The van der Waals surface area contributed by atoms with Crippen molar-refractivity contribution in [3.05, 3.63) is 0 Å². The van der Waals surface area contributed by atoms with Crippen molar-refractivity contribution < 1.29 is 19.1 Å². The van der Waals surface area contributed by atoms with E-state index in [9.17, 15) is 14.4 Å². The van der Waals surface area contributed by atoms with Crippen molar-refractivity contribution >= 4 is 17.9 Å². The van der Waals surface area contributed by atoms with Crippen LogP contribution in [-0.4, -0.2) is 77.6 Å². The predicted molar refractivity (Wildman–Crippen MR) is 130 cm³/mol. The molecule has 8 nitrogen and oxygen atoms in total. The van der Waals surface area contributed by atoms with Crippen LogP contribution in [0.4, 0.5) is 4.79 Å². The maximum Gasteiger partial charge on any atom is 0.410 e. The number of rotatable bonds is 5. The lowest BCUT2D eigenvalue weighted by Crippen LogP contribution is -2.57. The Morgan fingerprint density at radius 3 is 2.30 bits per heavy atom. The molecule has 0 aromatic carbocycles. The third kappa shape index (κ3) is 7.08.